The largest absolute Gasteiger partial charge is 0.454 e. The number of para-hydroxylation sites is 3. The second-order valence-corrected chi connectivity index (χ2v) is 18.2. The molecule has 2 heteroatoms. The topological polar surface area (TPSA) is 16.4 Å². The average molecular weight is 846 g/mol. The van der Waals surface area contributed by atoms with Crippen LogP contribution < -0.4 is 4.90 Å². The number of fused-ring (bicyclic) bond motifs is 3. The van der Waals surface area contributed by atoms with Crippen LogP contribution in [0.1, 0.15) is 43.6 Å². The molecule has 0 unspecified atom stereocenters. The van der Waals surface area contributed by atoms with Crippen molar-refractivity contribution in [3.8, 4) is 44.5 Å². The molecule has 314 valence electrons. The third-order valence-electron chi connectivity index (χ3n) is 14.4. The van der Waals surface area contributed by atoms with E-state index in [-0.39, 0.29) is 0 Å². The molecule has 1 aliphatic carbocycles. The Hall–Kier alpha value is -7.94. The number of nitrogens with zero attached hydrogens (tertiary/aromatic N) is 1. The minimum Gasteiger partial charge on any atom is -0.454 e. The molecular formula is C64H47NO. The van der Waals surface area contributed by atoms with Crippen LogP contribution in [0.4, 0.5) is 17.1 Å². The SMILES string of the molecule is c1ccc(-c2cccc(-c3ccc4ccc5c(-c6ccc(N(c7ccccc7-c7ccccc7)c7cccc8c7oc7c(C9CCCCC9)cccc78)cc6)ccc6ccc3c4c65)c2)cc1. The van der Waals surface area contributed by atoms with Gasteiger partial charge in [0.15, 0.2) is 5.58 Å². The van der Waals surface area contributed by atoms with Crippen LogP contribution in [-0.4, -0.2) is 0 Å². The number of hydrogen-bond donors (Lipinski definition) is 0. The van der Waals surface area contributed by atoms with E-state index in [1.807, 2.05) is 0 Å². The van der Waals surface area contributed by atoms with Crippen molar-refractivity contribution >= 4 is 71.3 Å². The minimum atomic E-state index is 0.535. The van der Waals surface area contributed by atoms with Gasteiger partial charge in [-0.1, -0.05) is 207 Å². The van der Waals surface area contributed by atoms with Gasteiger partial charge in [0, 0.05) is 22.0 Å². The molecule has 0 N–H and O–H groups in total. The summed E-state index contributed by atoms with van der Waals surface area (Å²) in [7, 11) is 0. The van der Waals surface area contributed by atoms with Crippen molar-refractivity contribution in [1.29, 1.82) is 0 Å². The maximum absolute atomic E-state index is 7.16. The van der Waals surface area contributed by atoms with E-state index in [0.717, 1.165) is 39.2 Å². The first kappa shape index (κ1) is 38.5. The molecule has 0 spiro atoms. The highest BCUT2D eigenvalue weighted by atomic mass is 16.3. The van der Waals surface area contributed by atoms with Crippen LogP contribution in [0.5, 0.6) is 0 Å². The van der Waals surface area contributed by atoms with Crippen LogP contribution in [0.2, 0.25) is 0 Å². The first-order chi connectivity index (χ1) is 32.7. The fraction of sp³-hybridized carbons (Fsp3) is 0.0938. The first-order valence-electron chi connectivity index (χ1n) is 23.6. The van der Waals surface area contributed by atoms with E-state index in [0.29, 0.717) is 5.92 Å². The van der Waals surface area contributed by atoms with Crippen molar-refractivity contribution in [3.05, 3.63) is 224 Å². The van der Waals surface area contributed by atoms with Crippen molar-refractivity contribution in [2.45, 2.75) is 38.0 Å². The molecule has 12 aromatic rings. The van der Waals surface area contributed by atoms with Crippen molar-refractivity contribution in [2.24, 2.45) is 0 Å². The number of hydrogen-bond acceptors (Lipinski definition) is 2. The van der Waals surface area contributed by atoms with Gasteiger partial charge in [0.1, 0.15) is 5.58 Å². The molecule has 0 amide bonds. The summed E-state index contributed by atoms with van der Waals surface area (Å²) in [6.07, 6.45) is 6.35. The predicted octanol–water partition coefficient (Wildman–Crippen LogP) is 18.7. The third kappa shape index (κ3) is 6.39. The Balaban J connectivity index is 0.955. The van der Waals surface area contributed by atoms with E-state index in [1.165, 1.54) is 114 Å². The highest BCUT2D eigenvalue weighted by Gasteiger charge is 2.25. The summed E-state index contributed by atoms with van der Waals surface area (Å²) in [6.45, 7) is 0. The Morgan fingerprint density at radius 2 is 0.894 bits per heavy atom. The molecule has 0 saturated heterocycles. The lowest BCUT2D eigenvalue weighted by Gasteiger charge is -2.28. The summed E-state index contributed by atoms with van der Waals surface area (Å²) >= 11 is 0. The van der Waals surface area contributed by atoms with Gasteiger partial charge in [0.25, 0.3) is 0 Å². The smallest absolute Gasteiger partial charge is 0.159 e. The Labute approximate surface area is 385 Å². The van der Waals surface area contributed by atoms with Gasteiger partial charge in [-0.25, -0.2) is 0 Å². The monoisotopic (exact) mass is 845 g/mol. The molecule has 2 nitrogen and oxygen atoms in total. The van der Waals surface area contributed by atoms with Gasteiger partial charge < -0.3 is 9.32 Å². The van der Waals surface area contributed by atoms with Gasteiger partial charge >= 0.3 is 0 Å². The summed E-state index contributed by atoms with van der Waals surface area (Å²) in [6, 6.07) is 80.3. The zero-order valence-corrected chi connectivity index (χ0v) is 36.8. The van der Waals surface area contributed by atoms with Gasteiger partial charge in [0.2, 0.25) is 0 Å². The summed E-state index contributed by atoms with van der Waals surface area (Å²) in [5, 5.41) is 10.0. The highest BCUT2D eigenvalue weighted by molar-refractivity contribution is 6.27. The van der Waals surface area contributed by atoms with Crippen LogP contribution in [0.15, 0.2) is 223 Å². The van der Waals surface area contributed by atoms with Crippen LogP contribution in [-0.2, 0) is 0 Å². The fourth-order valence-electron chi connectivity index (χ4n) is 11.3. The second kappa shape index (κ2) is 15.9. The molecule has 0 bridgehead atoms. The molecule has 1 fully saturated rings. The van der Waals surface area contributed by atoms with Crippen molar-refractivity contribution in [2.75, 3.05) is 4.90 Å². The Morgan fingerprint density at radius 3 is 1.62 bits per heavy atom. The summed E-state index contributed by atoms with van der Waals surface area (Å²) in [5.41, 5.74) is 16.2. The lowest BCUT2D eigenvalue weighted by molar-refractivity contribution is 0.442. The molecule has 0 radical (unpaired) electrons. The van der Waals surface area contributed by atoms with Gasteiger partial charge in [-0.2, -0.15) is 0 Å². The molecule has 1 aliphatic rings. The van der Waals surface area contributed by atoms with Gasteiger partial charge in [-0.3, -0.25) is 0 Å². The quantitative estimate of drug-likeness (QED) is 0.142. The molecule has 1 aromatic heterocycles. The van der Waals surface area contributed by atoms with Crippen LogP contribution in [0, 0.1) is 0 Å². The molecule has 1 saturated carbocycles. The molecule has 0 aliphatic heterocycles. The summed E-state index contributed by atoms with van der Waals surface area (Å²) in [4.78, 5) is 2.41. The first-order valence-corrected chi connectivity index (χ1v) is 23.6. The van der Waals surface area contributed by atoms with Crippen molar-refractivity contribution in [1.82, 2.24) is 0 Å². The maximum atomic E-state index is 7.16. The zero-order chi connectivity index (χ0) is 43.6. The maximum Gasteiger partial charge on any atom is 0.159 e. The molecule has 0 atom stereocenters. The second-order valence-electron chi connectivity index (χ2n) is 18.2. The number of rotatable bonds is 8. The molecule has 66 heavy (non-hydrogen) atoms. The van der Waals surface area contributed by atoms with E-state index in [1.54, 1.807) is 0 Å². The van der Waals surface area contributed by atoms with Gasteiger partial charge in [-0.05, 0) is 126 Å². The van der Waals surface area contributed by atoms with Crippen LogP contribution in [0.3, 0.4) is 0 Å². The Morgan fingerprint density at radius 1 is 0.348 bits per heavy atom. The zero-order valence-electron chi connectivity index (χ0n) is 36.8. The van der Waals surface area contributed by atoms with E-state index < -0.39 is 0 Å². The predicted molar refractivity (Wildman–Crippen MR) is 280 cm³/mol. The van der Waals surface area contributed by atoms with Gasteiger partial charge in [-0.15, -0.1) is 0 Å². The number of anilines is 3. The van der Waals surface area contributed by atoms with Gasteiger partial charge in [0.05, 0.1) is 11.4 Å². The van der Waals surface area contributed by atoms with Crippen LogP contribution >= 0.6 is 0 Å². The lowest BCUT2D eigenvalue weighted by Crippen LogP contribution is -2.11. The molecule has 13 rings (SSSR count). The normalized spacial score (nSPS) is 13.4. The summed E-state index contributed by atoms with van der Waals surface area (Å²) in [5.74, 6) is 0.535. The number of benzene rings is 11. The Bertz CT molecular complexity index is 3730. The van der Waals surface area contributed by atoms with E-state index in [2.05, 4.69) is 223 Å². The standard InChI is InChI=1S/C64H47NO/c1-4-15-42(16-5-1)48-21-12-22-49(41-48)52-38-32-47-33-39-55-51(37-31-46-34-40-56(52)62(47)61(46)55)45-29-35-50(36-30-45)65(59-27-11-10-23-53(59)43-17-6-2-7-18-43)60-28-14-26-58-57-25-13-24-54(63(57)66-64(58)60)44-19-8-3-9-20-44/h1-2,4-7,10-18,21-41,44H,3,8-9,19-20H2. The average Bonchev–Trinajstić information content (AvgIpc) is 3.79. The van der Waals surface area contributed by atoms with E-state index >= 15 is 0 Å². The highest BCUT2D eigenvalue weighted by Crippen LogP contribution is 2.48. The molecule has 1 heterocycles. The summed E-state index contributed by atoms with van der Waals surface area (Å²) < 4.78 is 7.16. The van der Waals surface area contributed by atoms with Crippen molar-refractivity contribution < 1.29 is 4.42 Å². The fourth-order valence-corrected chi connectivity index (χ4v) is 11.3. The van der Waals surface area contributed by atoms with Crippen LogP contribution in [0.25, 0.3) is 98.8 Å². The number of furan rings is 1. The van der Waals surface area contributed by atoms with E-state index in [9.17, 15) is 0 Å². The molecule has 11 aromatic carbocycles. The Kier molecular flexibility index (Phi) is 9.30. The molecular weight excluding hydrogens is 799 g/mol. The third-order valence-corrected chi connectivity index (χ3v) is 14.4. The van der Waals surface area contributed by atoms with Crippen molar-refractivity contribution in [3.63, 3.8) is 0 Å². The van der Waals surface area contributed by atoms with E-state index in [4.69, 9.17) is 4.42 Å². The lowest BCUT2D eigenvalue weighted by atomic mass is 9.83. The minimum absolute atomic E-state index is 0.535.